The zero-order valence-corrected chi connectivity index (χ0v) is 23.4. The summed E-state index contributed by atoms with van der Waals surface area (Å²) in [5, 5.41) is 12.5. The summed E-state index contributed by atoms with van der Waals surface area (Å²) in [7, 11) is 4.00. The average molecular weight is 546 g/mol. The maximum absolute atomic E-state index is 6.53. The van der Waals surface area contributed by atoms with E-state index in [0.717, 1.165) is 42.6 Å². The second-order valence-electron chi connectivity index (χ2n) is 10.3. The zero-order chi connectivity index (χ0) is 27.6. The number of nitrogens with one attached hydrogen (secondary N) is 1. The average Bonchev–Trinajstić information content (AvgIpc) is 3.53. The number of anilines is 2. The molecule has 2 aliphatic rings. The van der Waals surface area contributed by atoms with Gasteiger partial charge in [-0.3, -0.25) is 4.68 Å². The van der Waals surface area contributed by atoms with Crippen LogP contribution in [0.5, 0.6) is 17.5 Å². The number of fused-ring (bicyclic) bond motifs is 6. The van der Waals surface area contributed by atoms with Gasteiger partial charge in [0.1, 0.15) is 22.9 Å². The van der Waals surface area contributed by atoms with Crippen LogP contribution in [0.1, 0.15) is 39.2 Å². The molecule has 6 rings (SSSR count). The highest BCUT2D eigenvalue weighted by Crippen LogP contribution is 2.39. The zero-order valence-electron chi connectivity index (χ0n) is 23.4. The Morgan fingerprint density at radius 1 is 1.05 bits per heavy atom. The summed E-state index contributed by atoms with van der Waals surface area (Å²) >= 11 is 0. The van der Waals surface area contributed by atoms with Gasteiger partial charge in [-0.15, -0.1) is 5.10 Å². The molecule has 4 bridgehead atoms. The third kappa shape index (κ3) is 5.31. The summed E-state index contributed by atoms with van der Waals surface area (Å²) in [6.07, 6.45) is 9.91. The van der Waals surface area contributed by atoms with E-state index in [4.69, 9.17) is 24.3 Å². The molecule has 4 aromatic heterocycles. The minimum Gasteiger partial charge on any atom is -0.490 e. The lowest BCUT2D eigenvalue weighted by Crippen LogP contribution is -2.31. The van der Waals surface area contributed by atoms with Crippen LogP contribution in [0.25, 0.3) is 22.5 Å². The molecule has 2 aliphatic heterocycles. The molecule has 6 heterocycles. The quantitative estimate of drug-likeness (QED) is 0.402. The maximum atomic E-state index is 6.53. The molecule has 0 aliphatic carbocycles. The molecular weight excluding hydrogens is 510 g/mol. The summed E-state index contributed by atoms with van der Waals surface area (Å²) in [5.74, 6) is 3.61. The lowest BCUT2D eigenvalue weighted by molar-refractivity contribution is 0.173. The standard InChI is InChI=1S/C28H35N9O3/c1-5-38-27-22(17-37(34-27)19-7-11-35(3)12-8-19)20-15-30-25-14-23(20)40-18(2)9-13-39-28-21(16-31-36(28)4)26-29-10-6-24(32-25)33-26/h6,10,14-19H,5,7-9,11-13H2,1-4H3,(H,29,30,32,33)/t18-/m0/s1. The predicted molar refractivity (Wildman–Crippen MR) is 150 cm³/mol. The Labute approximate surface area is 233 Å². The number of ether oxygens (including phenoxy) is 3. The van der Waals surface area contributed by atoms with Crippen molar-refractivity contribution in [1.29, 1.82) is 0 Å². The number of aryl methyl sites for hydroxylation is 1. The van der Waals surface area contributed by atoms with Gasteiger partial charge >= 0.3 is 0 Å². The number of nitrogens with zero attached hydrogens (tertiary/aromatic N) is 8. The SMILES string of the molecule is CCOc1nn(C2CCN(C)CC2)cc1-c1cnc2cc1O[C@@H](C)CCOc1c(cnn1C)-c1nccc(n1)N2. The van der Waals surface area contributed by atoms with E-state index in [1.807, 2.05) is 33.2 Å². The first-order valence-electron chi connectivity index (χ1n) is 13.8. The number of hydrogen-bond acceptors (Lipinski definition) is 10. The van der Waals surface area contributed by atoms with Crippen molar-refractivity contribution in [3.8, 4) is 40.0 Å². The van der Waals surface area contributed by atoms with Gasteiger partial charge < -0.3 is 24.4 Å². The normalized spacial score (nSPS) is 18.1. The first-order chi connectivity index (χ1) is 19.5. The number of likely N-dealkylation sites (tertiary alicyclic amines) is 1. The molecule has 1 atom stereocenters. The first-order valence-corrected chi connectivity index (χ1v) is 13.8. The highest BCUT2D eigenvalue weighted by atomic mass is 16.5. The van der Waals surface area contributed by atoms with Crippen molar-refractivity contribution in [3.63, 3.8) is 0 Å². The Balaban J connectivity index is 1.38. The van der Waals surface area contributed by atoms with Crippen LogP contribution in [0.4, 0.5) is 11.6 Å². The lowest BCUT2D eigenvalue weighted by Gasteiger charge is -2.28. The fraction of sp³-hybridized carbons (Fsp3) is 0.464. The molecule has 210 valence electrons. The van der Waals surface area contributed by atoms with Crippen LogP contribution in [0.3, 0.4) is 0 Å². The Morgan fingerprint density at radius 2 is 1.90 bits per heavy atom. The van der Waals surface area contributed by atoms with Gasteiger partial charge in [0.15, 0.2) is 5.82 Å². The van der Waals surface area contributed by atoms with Gasteiger partial charge in [-0.05, 0) is 52.9 Å². The number of piperidine rings is 1. The molecule has 0 spiro atoms. The summed E-state index contributed by atoms with van der Waals surface area (Å²) in [6.45, 7) is 7.05. The second-order valence-corrected chi connectivity index (χ2v) is 10.3. The summed E-state index contributed by atoms with van der Waals surface area (Å²) in [6, 6.07) is 4.02. The van der Waals surface area contributed by atoms with Crippen LogP contribution >= 0.6 is 0 Å². The van der Waals surface area contributed by atoms with Gasteiger partial charge in [-0.25, -0.2) is 19.6 Å². The minimum absolute atomic E-state index is 0.137. The molecule has 12 nitrogen and oxygen atoms in total. The maximum Gasteiger partial charge on any atom is 0.240 e. The van der Waals surface area contributed by atoms with Crippen LogP contribution < -0.4 is 19.5 Å². The molecule has 0 aromatic carbocycles. The van der Waals surface area contributed by atoms with Crippen LogP contribution in [0.15, 0.2) is 36.9 Å². The molecule has 0 unspecified atom stereocenters. The lowest BCUT2D eigenvalue weighted by atomic mass is 10.1. The van der Waals surface area contributed by atoms with Crippen LogP contribution in [-0.4, -0.2) is 78.9 Å². The third-order valence-corrected chi connectivity index (χ3v) is 7.33. The molecule has 12 heteroatoms. The van der Waals surface area contributed by atoms with Crippen molar-refractivity contribution in [1.82, 2.24) is 39.4 Å². The van der Waals surface area contributed by atoms with Gasteiger partial charge in [0.2, 0.25) is 11.8 Å². The van der Waals surface area contributed by atoms with Gasteiger partial charge in [-0.2, -0.15) is 5.10 Å². The number of rotatable bonds is 4. The van der Waals surface area contributed by atoms with Crippen molar-refractivity contribution in [2.75, 3.05) is 38.7 Å². The fourth-order valence-electron chi connectivity index (χ4n) is 5.09. The number of aromatic nitrogens is 7. The van der Waals surface area contributed by atoms with E-state index in [-0.39, 0.29) is 6.10 Å². The van der Waals surface area contributed by atoms with Gasteiger partial charge in [0.05, 0.1) is 37.1 Å². The highest BCUT2D eigenvalue weighted by Gasteiger charge is 2.25. The van der Waals surface area contributed by atoms with Gasteiger partial charge in [0.25, 0.3) is 0 Å². The molecule has 0 radical (unpaired) electrons. The Morgan fingerprint density at radius 3 is 2.73 bits per heavy atom. The molecular formula is C28H35N9O3. The largest absolute Gasteiger partial charge is 0.490 e. The van der Waals surface area contributed by atoms with E-state index < -0.39 is 0 Å². The molecule has 40 heavy (non-hydrogen) atoms. The van der Waals surface area contributed by atoms with Crippen molar-refractivity contribution in [2.45, 2.75) is 45.3 Å². The summed E-state index contributed by atoms with van der Waals surface area (Å²) in [4.78, 5) is 16.2. The van der Waals surface area contributed by atoms with Crippen molar-refractivity contribution in [2.24, 2.45) is 7.05 Å². The second kappa shape index (κ2) is 11.1. The Kier molecular flexibility index (Phi) is 7.25. The van der Waals surface area contributed by atoms with Gasteiger partial charge in [-0.1, -0.05) is 0 Å². The van der Waals surface area contributed by atoms with E-state index in [0.29, 0.717) is 60.6 Å². The Bertz CT molecular complexity index is 1480. The summed E-state index contributed by atoms with van der Waals surface area (Å²) < 4.78 is 22.4. The Hall–Kier alpha value is -4.19. The monoisotopic (exact) mass is 545 g/mol. The van der Waals surface area contributed by atoms with Crippen molar-refractivity contribution in [3.05, 3.63) is 36.9 Å². The number of hydrogen-bond donors (Lipinski definition) is 1. The van der Waals surface area contributed by atoms with E-state index in [2.05, 4.69) is 43.2 Å². The molecule has 1 N–H and O–H groups in total. The van der Waals surface area contributed by atoms with Crippen LogP contribution in [0.2, 0.25) is 0 Å². The molecule has 0 amide bonds. The van der Waals surface area contributed by atoms with Crippen molar-refractivity contribution >= 4 is 11.6 Å². The van der Waals surface area contributed by atoms with E-state index in [9.17, 15) is 0 Å². The van der Waals surface area contributed by atoms with Crippen LogP contribution in [-0.2, 0) is 7.05 Å². The fourth-order valence-corrected chi connectivity index (χ4v) is 5.09. The molecule has 1 saturated heterocycles. The molecule has 0 saturated carbocycles. The first kappa shape index (κ1) is 26.1. The number of pyridine rings is 1. The van der Waals surface area contributed by atoms with E-state index in [1.54, 1.807) is 23.1 Å². The molecule has 1 fully saturated rings. The van der Waals surface area contributed by atoms with Crippen molar-refractivity contribution < 1.29 is 14.2 Å². The topological polar surface area (TPSA) is 117 Å². The van der Waals surface area contributed by atoms with E-state index >= 15 is 0 Å². The van der Waals surface area contributed by atoms with Crippen LogP contribution in [0, 0.1) is 0 Å². The smallest absolute Gasteiger partial charge is 0.240 e. The third-order valence-electron chi connectivity index (χ3n) is 7.33. The minimum atomic E-state index is -0.137. The van der Waals surface area contributed by atoms with E-state index in [1.165, 1.54) is 0 Å². The molecule has 4 aromatic rings. The summed E-state index contributed by atoms with van der Waals surface area (Å²) in [5.41, 5.74) is 2.42. The van der Waals surface area contributed by atoms with Gasteiger partial charge in [0, 0.05) is 43.7 Å². The highest BCUT2D eigenvalue weighted by molar-refractivity contribution is 5.75. The predicted octanol–water partition coefficient (Wildman–Crippen LogP) is 4.09.